The number of nitriles is 1. The van der Waals surface area contributed by atoms with Crippen molar-refractivity contribution in [2.45, 2.75) is 0 Å². The van der Waals surface area contributed by atoms with Crippen LogP contribution in [0.5, 0.6) is 0 Å². The van der Waals surface area contributed by atoms with Gasteiger partial charge in [-0.25, -0.2) is 4.98 Å². The molecule has 0 amide bonds. The van der Waals surface area contributed by atoms with E-state index in [-0.39, 0.29) is 5.89 Å². The summed E-state index contributed by atoms with van der Waals surface area (Å²) in [6.45, 7) is 0. The summed E-state index contributed by atoms with van der Waals surface area (Å²) in [4.78, 5) is 14.2. The maximum atomic E-state index is 10.3. The summed E-state index contributed by atoms with van der Waals surface area (Å²) in [5.74, 6) is 0.0325. The largest absolute Gasteiger partial charge is 0.434 e. The van der Waals surface area contributed by atoms with Gasteiger partial charge in [-0.05, 0) is 18.2 Å². The topological polar surface area (TPSA) is 66.9 Å². The number of carbonyl (C=O) groups is 1. The molecule has 0 bridgehead atoms. The third-order valence-corrected chi connectivity index (χ3v) is 1.63. The lowest BCUT2D eigenvalue weighted by Crippen LogP contribution is -1.76. The fourth-order valence-corrected chi connectivity index (χ4v) is 1.07. The molecule has 0 unspecified atom stereocenters. The van der Waals surface area contributed by atoms with Crippen LogP contribution in [0.25, 0.3) is 11.1 Å². The molecular weight excluding hydrogens is 168 g/mol. The Hall–Kier alpha value is -2.15. The first kappa shape index (κ1) is 7.50. The number of aromatic nitrogens is 1. The average Bonchev–Trinajstić information content (AvgIpc) is 2.58. The van der Waals surface area contributed by atoms with Gasteiger partial charge >= 0.3 is 0 Å². The summed E-state index contributed by atoms with van der Waals surface area (Å²) in [5, 5.41) is 8.58. The first-order valence-electron chi connectivity index (χ1n) is 3.59. The molecule has 2 aromatic rings. The smallest absolute Gasteiger partial charge is 0.260 e. The summed E-state index contributed by atoms with van der Waals surface area (Å²) in [5.41, 5.74) is 1.54. The van der Waals surface area contributed by atoms with Crippen LogP contribution in [0.2, 0.25) is 0 Å². The van der Waals surface area contributed by atoms with Crippen LogP contribution in [0.1, 0.15) is 16.2 Å². The van der Waals surface area contributed by atoms with Crippen LogP contribution >= 0.6 is 0 Å². The Bertz CT molecular complexity index is 508. The average molecular weight is 172 g/mol. The second kappa shape index (κ2) is 2.72. The molecule has 2 rings (SSSR count). The number of hydrogen-bond donors (Lipinski definition) is 0. The highest BCUT2D eigenvalue weighted by Gasteiger charge is 2.04. The van der Waals surface area contributed by atoms with E-state index in [9.17, 15) is 4.79 Å². The summed E-state index contributed by atoms with van der Waals surface area (Å²) < 4.78 is 5.03. The minimum Gasteiger partial charge on any atom is -0.434 e. The highest BCUT2D eigenvalue weighted by molar-refractivity contribution is 5.79. The molecule has 0 N–H and O–H groups in total. The van der Waals surface area contributed by atoms with Gasteiger partial charge in [-0.3, -0.25) is 4.79 Å². The lowest BCUT2D eigenvalue weighted by Gasteiger charge is -1.85. The van der Waals surface area contributed by atoms with Gasteiger partial charge in [0.2, 0.25) is 6.29 Å². The second-order valence-corrected chi connectivity index (χ2v) is 2.46. The van der Waals surface area contributed by atoms with Crippen molar-refractivity contribution >= 4 is 17.4 Å². The molecule has 0 aliphatic heterocycles. The fourth-order valence-electron chi connectivity index (χ4n) is 1.07. The maximum absolute atomic E-state index is 10.3. The molecule has 13 heavy (non-hydrogen) atoms. The van der Waals surface area contributed by atoms with Crippen molar-refractivity contribution in [1.82, 2.24) is 4.98 Å². The number of nitrogens with zero attached hydrogens (tertiary/aromatic N) is 2. The van der Waals surface area contributed by atoms with E-state index in [1.165, 1.54) is 0 Å². The van der Waals surface area contributed by atoms with E-state index in [1.807, 2.05) is 6.07 Å². The van der Waals surface area contributed by atoms with Crippen LogP contribution < -0.4 is 0 Å². The first-order chi connectivity index (χ1) is 6.33. The summed E-state index contributed by atoms with van der Waals surface area (Å²) in [6.07, 6.45) is 0.534. The molecule has 0 fully saturated rings. The zero-order chi connectivity index (χ0) is 9.26. The van der Waals surface area contributed by atoms with Gasteiger partial charge in [0.25, 0.3) is 5.89 Å². The third kappa shape index (κ3) is 1.16. The molecule has 1 aromatic heterocycles. The van der Waals surface area contributed by atoms with Crippen molar-refractivity contribution in [3.8, 4) is 6.07 Å². The molecule has 62 valence electrons. The Kier molecular flexibility index (Phi) is 1.57. The van der Waals surface area contributed by atoms with Gasteiger partial charge in [0, 0.05) is 0 Å². The molecule has 0 aliphatic carbocycles. The van der Waals surface area contributed by atoms with E-state index in [1.54, 1.807) is 18.2 Å². The summed E-state index contributed by atoms with van der Waals surface area (Å²) >= 11 is 0. The van der Waals surface area contributed by atoms with E-state index in [4.69, 9.17) is 9.68 Å². The number of rotatable bonds is 1. The van der Waals surface area contributed by atoms with Crippen molar-refractivity contribution in [2.75, 3.05) is 0 Å². The van der Waals surface area contributed by atoms with Gasteiger partial charge in [0.05, 0.1) is 11.6 Å². The Morgan fingerprint density at radius 2 is 2.38 bits per heavy atom. The predicted molar refractivity (Wildman–Crippen MR) is 44.1 cm³/mol. The predicted octanol–water partition coefficient (Wildman–Crippen LogP) is 1.51. The molecule has 0 saturated carbocycles. The van der Waals surface area contributed by atoms with Gasteiger partial charge in [-0.2, -0.15) is 5.26 Å². The molecule has 1 aromatic carbocycles. The fraction of sp³-hybridized carbons (Fsp3) is 0. The van der Waals surface area contributed by atoms with E-state index in [0.29, 0.717) is 22.9 Å². The number of fused-ring (bicyclic) bond motifs is 1. The SMILES string of the molecule is N#Cc1ccc2oc(C=O)nc2c1. The van der Waals surface area contributed by atoms with Crippen LogP contribution in [0.3, 0.4) is 0 Å². The van der Waals surface area contributed by atoms with E-state index < -0.39 is 0 Å². The van der Waals surface area contributed by atoms with Gasteiger partial charge in [-0.15, -0.1) is 0 Å². The molecule has 0 saturated heterocycles. The number of aldehydes is 1. The first-order valence-corrected chi connectivity index (χ1v) is 3.59. The highest BCUT2D eigenvalue weighted by Crippen LogP contribution is 2.15. The third-order valence-electron chi connectivity index (χ3n) is 1.63. The minimum absolute atomic E-state index is 0.0325. The lowest BCUT2D eigenvalue weighted by atomic mass is 10.2. The molecule has 4 nitrogen and oxygen atoms in total. The molecule has 0 atom stereocenters. The Morgan fingerprint density at radius 1 is 1.54 bits per heavy atom. The van der Waals surface area contributed by atoms with Crippen molar-refractivity contribution < 1.29 is 9.21 Å². The Morgan fingerprint density at radius 3 is 3.08 bits per heavy atom. The van der Waals surface area contributed by atoms with E-state index in [2.05, 4.69) is 4.98 Å². The standard InChI is InChI=1S/C9H4N2O2/c10-4-6-1-2-8-7(3-6)11-9(5-12)13-8/h1-3,5H. The van der Waals surface area contributed by atoms with Gasteiger partial charge in [0.1, 0.15) is 5.52 Å². The Balaban J connectivity index is 2.72. The van der Waals surface area contributed by atoms with Crippen LogP contribution in [-0.2, 0) is 0 Å². The molecule has 4 heteroatoms. The highest BCUT2D eigenvalue weighted by atomic mass is 16.4. The number of carbonyl (C=O) groups excluding carboxylic acids is 1. The lowest BCUT2D eigenvalue weighted by molar-refractivity contribution is 0.109. The molecule has 0 aliphatic rings. The van der Waals surface area contributed by atoms with Crippen LogP contribution in [0, 0.1) is 11.3 Å². The molecule has 1 heterocycles. The van der Waals surface area contributed by atoms with Crippen molar-refractivity contribution in [2.24, 2.45) is 0 Å². The summed E-state index contributed by atoms with van der Waals surface area (Å²) in [6, 6.07) is 6.78. The minimum atomic E-state index is 0.0325. The zero-order valence-electron chi connectivity index (χ0n) is 6.52. The second-order valence-electron chi connectivity index (χ2n) is 2.46. The number of oxazole rings is 1. The molecule has 0 spiro atoms. The van der Waals surface area contributed by atoms with Crippen molar-refractivity contribution in [3.05, 3.63) is 29.7 Å². The normalized spacial score (nSPS) is 9.77. The van der Waals surface area contributed by atoms with Crippen LogP contribution in [-0.4, -0.2) is 11.3 Å². The molecular formula is C9H4N2O2. The van der Waals surface area contributed by atoms with Crippen molar-refractivity contribution in [1.29, 1.82) is 5.26 Å². The summed E-state index contributed by atoms with van der Waals surface area (Å²) in [7, 11) is 0. The van der Waals surface area contributed by atoms with Gasteiger partial charge < -0.3 is 4.42 Å². The van der Waals surface area contributed by atoms with E-state index >= 15 is 0 Å². The quantitative estimate of drug-likeness (QED) is 0.611. The number of hydrogen-bond acceptors (Lipinski definition) is 4. The van der Waals surface area contributed by atoms with Crippen LogP contribution in [0.15, 0.2) is 22.6 Å². The molecule has 0 radical (unpaired) electrons. The van der Waals surface area contributed by atoms with Gasteiger partial charge in [-0.1, -0.05) is 0 Å². The maximum Gasteiger partial charge on any atom is 0.260 e. The zero-order valence-corrected chi connectivity index (χ0v) is 6.52. The van der Waals surface area contributed by atoms with Crippen molar-refractivity contribution in [3.63, 3.8) is 0 Å². The van der Waals surface area contributed by atoms with Crippen LogP contribution in [0.4, 0.5) is 0 Å². The monoisotopic (exact) mass is 172 g/mol. The number of benzene rings is 1. The van der Waals surface area contributed by atoms with Gasteiger partial charge in [0.15, 0.2) is 5.58 Å². The Labute approximate surface area is 73.4 Å². The van der Waals surface area contributed by atoms with E-state index in [0.717, 1.165) is 0 Å².